The Labute approximate surface area is 144 Å². The first-order valence-electron chi connectivity index (χ1n) is 7.21. The number of ether oxygens (including phenoxy) is 2. The second kappa shape index (κ2) is 7.07. The number of aromatic amines is 1. The lowest BCUT2D eigenvalue weighted by atomic mass is 10.2. The molecule has 3 aromatic rings. The van der Waals surface area contributed by atoms with Crippen molar-refractivity contribution in [3.05, 3.63) is 53.9 Å². The first kappa shape index (κ1) is 15.9. The van der Waals surface area contributed by atoms with Crippen molar-refractivity contribution in [1.82, 2.24) is 9.97 Å². The van der Waals surface area contributed by atoms with Gasteiger partial charge in [0.2, 0.25) is 0 Å². The zero-order valence-corrected chi connectivity index (χ0v) is 13.7. The summed E-state index contributed by atoms with van der Waals surface area (Å²) in [7, 11) is 1.54. The van der Waals surface area contributed by atoms with Gasteiger partial charge < -0.3 is 14.5 Å². The Balaban J connectivity index is 1.90. The van der Waals surface area contributed by atoms with Gasteiger partial charge in [-0.25, -0.2) is 4.98 Å². The van der Waals surface area contributed by atoms with Gasteiger partial charge in [0.05, 0.1) is 23.2 Å². The Hall–Kier alpha value is -2.97. The number of nitriles is 1. The van der Waals surface area contributed by atoms with Crippen LogP contribution < -0.4 is 9.47 Å². The lowest BCUT2D eigenvalue weighted by molar-refractivity contribution is 0.329. The molecule has 1 aromatic heterocycles. The fourth-order valence-electron chi connectivity index (χ4n) is 2.28. The monoisotopic (exact) mass is 339 g/mol. The van der Waals surface area contributed by atoms with E-state index in [1.54, 1.807) is 25.3 Å². The van der Waals surface area contributed by atoms with E-state index >= 15 is 0 Å². The maximum atomic E-state index is 8.60. The van der Waals surface area contributed by atoms with E-state index in [4.69, 9.17) is 26.3 Å². The summed E-state index contributed by atoms with van der Waals surface area (Å²) in [5, 5.41) is 9.08. The number of rotatable bonds is 5. The third kappa shape index (κ3) is 3.34. The maximum absolute atomic E-state index is 8.60. The Morgan fingerprint density at radius 2 is 2.12 bits per heavy atom. The molecule has 120 valence electrons. The Morgan fingerprint density at radius 3 is 2.88 bits per heavy atom. The van der Waals surface area contributed by atoms with Crippen LogP contribution in [0.2, 0.25) is 0 Å². The van der Waals surface area contributed by atoms with Crippen LogP contribution >= 0.6 is 11.6 Å². The zero-order chi connectivity index (χ0) is 16.9. The Bertz CT molecular complexity index is 908. The van der Waals surface area contributed by atoms with Crippen LogP contribution in [0.4, 0.5) is 0 Å². The van der Waals surface area contributed by atoms with E-state index in [0.717, 1.165) is 16.6 Å². The van der Waals surface area contributed by atoms with Crippen LogP contribution in [0.1, 0.15) is 11.4 Å². The molecule has 6 heteroatoms. The molecule has 3 rings (SSSR count). The third-order valence-electron chi connectivity index (χ3n) is 3.39. The van der Waals surface area contributed by atoms with Crippen molar-refractivity contribution in [3.63, 3.8) is 0 Å². The van der Waals surface area contributed by atoms with Crippen LogP contribution in [-0.2, 0) is 0 Å². The summed E-state index contributed by atoms with van der Waals surface area (Å²) in [6.07, 6.45) is 1.79. The highest BCUT2D eigenvalue weighted by Crippen LogP contribution is 2.30. The standard InChI is InChI=1S/C18H14ClN3O2/c1-23-17-11-12(6-7-16(17)24-9-8-20)10-13(19)18-21-14-4-2-3-5-15(14)22-18/h2-7,10-11H,9H2,1H3,(H,21,22)/b13-10-. The van der Waals surface area contributed by atoms with Crippen molar-refractivity contribution in [2.24, 2.45) is 0 Å². The minimum atomic E-state index is -0.0364. The summed E-state index contributed by atoms with van der Waals surface area (Å²) >= 11 is 6.38. The largest absolute Gasteiger partial charge is 0.493 e. The number of fused-ring (bicyclic) bond motifs is 1. The van der Waals surface area contributed by atoms with Crippen molar-refractivity contribution < 1.29 is 9.47 Å². The van der Waals surface area contributed by atoms with Gasteiger partial charge in [0.1, 0.15) is 11.9 Å². The fraction of sp³-hybridized carbons (Fsp3) is 0.111. The van der Waals surface area contributed by atoms with Gasteiger partial charge in [-0.3, -0.25) is 0 Å². The van der Waals surface area contributed by atoms with Crippen LogP contribution in [0.5, 0.6) is 11.5 Å². The lowest BCUT2D eigenvalue weighted by Crippen LogP contribution is -1.96. The molecule has 0 aliphatic rings. The molecule has 1 heterocycles. The van der Waals surface area contributed by atoms with Gasteiger partial charge >= 0.3 is 0 Å². The Kier molecular flexibility index (Phi) is 4.69. The highest BCUT2D eigenvalue weighted by molar-refractivity contribution is 6.50. The summed E-state index contributed by atoms with van der Waals surface area (Å²) < 4.78 is 10.6. The van der Waals surface area contributed by atoms with Gasteiger partial charge in [0.25, 0.3) is 0 Å². The summed E-state index contributed by atoms with van der Waals surface area (Å²) in [5.41, 5.74) is 2.62. The molecule has 1 N–H and O–H groups in total. The van der Waals surface area contributed by atoms with Crippen LogP contribution in [-0.4, -0.2) is 23.7 Å². The molecule has 5 nitrogen and oxygen atoms in total. The van der Waals surface area contributed by atoms with E-state index in [1.165, 1.54) is 0 Å². The topological polar surface area (TPSA) is 70.9 Å². The Morgan fingerprint density at radius 1 is 1.29 bits per heavy atom. The van der Waals surface area contributed by atoms with Gasteiger partial charge in [-0.2, -0.15) is 5.26 Å². The third-order valence-corrected chi connectivity index (χ3v) is 3.68. The smallest absolute Gasteiger partial charge is 0.174 e. The maximum Gasteiger partial charge on any atom is 0.174 e. The minimum absolute atomic E-state index is 0.0364. The van der Waals surface area contributed by atoms with E-state index in [2.05, 4.69) is 9.97 Å². The number of nitrogens with one attached hydrogen (secondary N) is 1. The number of H-pyrrole nitrogens is 1. The molecule has 0 saturated carbocycles. The second-order valence-corrected chi connectivity index (χ2v) is 5.36. The molecule has 0 bridgehead atoms. The van der Waals surface area contributed by atoms with E-state index in [9.17, 15) is 0 Å². The zero-order valence-electron chi connectivity index (χ0n) is 12.9. The predicted molar refractivity (Wildman–Crippen MR) is 93.9 cm³/mol. The van der Waals surface area contributed by atoms with Crippen LogP contribution in [0.25, 0.3) is 22.1 Å². The van der Waals surface area contributed by atoms with E-state index < -0.39 is 0 Å². The summed E-state index contributed by atoms with van der Waals surface area (Å²) in [6, 6.07) is 15.0. The van der Waals surface area contributed by atoms with Crippen molar-refractivity contribution >= 4 is 33.7 Å². The van der Waals surface area contributed by atoms with Crippen molar-refractivity contribution in [1.29, 1.82) is 5.26 Å². The fourth-order valence-corrected chi connectivity index (χ4v) is 2.50. The normalized spacial score (nSPS) is 11.3. The van der Waals surface area contributed by atoms with Gasteiger partial charge in [0.15, 0.2) is 18.1 Å². The molecule has 0 aliphatic heterocycles. The first-order chi connectivity index (χ1) is 11.7. The summed E-state index contributed by atoms with van der Waals surface area (Å²) in [4.78, 5) is 7.64. The first-order valence-corrected chi connectivity index (χ1v) is 7.59. The number of aromatic nitrogens is 2. The molecule has 0 unspecified atom stereocenters. The van der Waals surface area contributed by atoms with Crippen LogP contribution in [0.3, 0.4) is 0 Å². The molecule has 0 fully saturated rings. The van der Waals surface area contributed by atoms with Crippen molar-refractivity contribution in [2.45, 2.75) is 0 Å². The number of imidazole rings is 1. The molecule has 0 spiro atoms. The van der Waals surface area contributed by atoms with E-state index in [1.807, 2.05) is 36.4 Å². The number of nitrogens with zero attached hydrogens (tertiary/aromatic N) is 2. The molecule has 0 radical (unpaired) electrons. The number of methoxy groups -OCH3 is 1. The van der Waals surface area contributed by atoms with Gasteiger partial charge in [-0.05, 0) is 35.9 Å². The molecule has 0 amide bonds. The summed E-state index contributed by atoms with van der Waals surface area (Å²) in [5.74, 6) is 1.64. The highest BCUT2D eigenvalue weighted by Gasteiger charge is 2.08. The van der Waals surface area contributed by atoms with Crippen LogP contribution in [0, 0.1) is 11.3 Å². The second-order valence-electron chi connectivity index (χ2n) is 4.95. The van der Waals surface area contributed by atoms with Gasteiger partial charge in [0, 0.05) is 0 Å². The van der Waals surface area contributed by atoms with E-state index in [0.29, 0.717) is 22.4 Å². The lowest BCUT2D eigenvalue weighted by Gasteiger charge is -2.09. The molecule has 0 aliphatic carbocycles. The number of hydrogen-bond donors (Lipinski definition) is 1. The average molecular weight is 340 g/mol. The molecule has 0 atom stereocenters. The number of hydrogen-bond acceptors (Lipinski definition) is 4. The quantitative estimate of drug-likeness (QED) is 0.755. The molecular weight excluding hydrogens is 326 g/mol. The minimum Gasteiger partial charge on any atom is -0.493 e. The molecule has 24 heavy (non-hydrogen) atoms. The molecule has 0 saturated heterocycles. The van der Waals surface area contributed by atoms with Crippen molar-refractivity contribution in [2.75, 3.05) is 13.7 Å². The SMILES string of the molecule is COc1cc(/C=C(\Cl)c2nc3ccccc3[nH]2)ccc1OCC#N. The number of halogens is 1. The number of para-hydroxylation sites is 2. The average Bonchev–Trinajstić information content (AvgIpc) is 3.04. The van der Waals surface area contributed by atoms with Crippen molar-refractivity contribution in [3.8, 4) is 17.6 Å². The predicted octanol–water partition coefficient (Wildman–Crippen LogP) is 4.21. The van der Waals surface area contributed by atoms with Crippen LogP contribution in [0.15, 0.2) is 42.5 Å². The van der Waals surface area contributed by atoms with Gasteiger partial charge in [-0.15, -0.1) is 0 Å². The molecular formula is C18H14ClN3O2. The van der Waals surface area contributed by atoms with E-state index in [-0.39, 0.29) is 6.61 Å². The molecule has 2 aromatic carbocycles. The number of benzene rings is 2. The van der Waals surface area contributed by atoms with Gasteiger partial charge in [-0.1, -0.05) is 29.8 Å². The highest BCUT2D eigenvalue weighted by atomic mass is 35.5. The summed E-state index contributed by atoms with van der Waals surface area (Å²) in [6.45, 7) is -0.0364.